The quantitative estimate of drug-likeness (QED) is 0.856. The molecule has 1 aromatic heterocycles. The minimum atomic E-state index is 0.240. The first-order chi connectivity index (χ1) is 9.86. The predicted molar refractivity (Wildman–Crippen MR) is 68.6 cm³/mol. The van der Waals surface area contributed by atoms with Gasteiger partial charge in [0.15, 0.2) is 18.1 Å². The lowest BCUT2D eigenvalue weighted by Gasteiger charge is -2.11. The van der Waals surface area contributed by atoms with Crippen LogP contribution in [0.4, 0.5) is 0 Å². The summed E-state index contributed by atoms with van der Waals surface area (Å²) in [5.74, 6) is 2.65. The highest BCUT2D eigenvalue weighted by Crippen LogP contribution is 2.38. The summed E-state index contributed by atoms with van der Waals surface area (Å²) < 4.78 is 21.2. The zero-order valence-corrected chi connectivity index (χ0v) is 11.1. The first-order valence-corrected chi connectivity index (χ1v) is 6.38. The van der Waals surface area contributed by atoms with Gasteiger partial charge in [0.25, 0.3) is 0 Å². The van der Waals surface area contributed by atoms with Gasteiger partial charge in [-0.2, -0.15) is 4.98 Å². The van der Waals surface area contributed by atoms with Crippen LogP contribution in [0.5, 0.6) is 17.2 Å². The van der Waals surface area contributed by atoms with Crippen molar-refractivity contribution in [1.82, 2.24) is 15.5 Å². The summed E-state index contributed by atoms with van der Waals surface area (Å²) in [6, 6.07) is 3.76. The second-order valence-electron chi connectivity index (χ2n) is 4.23. The molecular weight excluding hydrogens is 262 g/mol. The maximum Gasteiger partial charge on any atom is 0.231 e. The highest BCUT2D eigenvalue weighted by atomic mass is 16.7. The van der Waals surface area contributed by atoms with E-state index < -0.39 is 0 Å². The molecule has 20 heavy (non-hydrogen) atoms. The number of benzene rings is 1. The van der Waals surface area contributed by atoms with Gasteiger partial charge in [-0.3, -0.25) is 0 Å². The fourth-order valence-electron chi connectivity index (χ4n) is 1.90. The molecule has 7 nitrogen and oxygen atoms in total. The molecule has 0 aliphatic carbocycles. The predicted octanol–water partition coefficient (Wildman–Crippen LogP) is 1.49. The van der Waals surface area contributed by atoms with Crippen LogP contribution >= 0.6 is 0 Å². The van der Waals surface area contributed by atoms with Crippen molar-refractivity contribution in [1.29, 1.82) is 0 Å². The maximum absolute atomic E-state index is 5.74. The number of nitrogens with zero attached hydrogens (tertiary/aromatic N) is 2. The summed E-state index contributed by atoms with van der Waals surface area (Å²) in [7, 11) is 0. The minimum Gasteiger partial charge on any atom is -0.485 e. The largest absolute Gasteiger partial charge is 0.485 e. The van der Waals surface area contributed by atoms with Crippen molar-refractivity contribution >= 4 is 0 Å². The van der Waals surface area contributed by atoms with Crippen molar-refractivity contribution < 1.29 is 18.7 Å². The van der Waals surface area contributed by atoms with E-state index in [1.807, 2.05) is 19.1 Å². The summed E-state index contributed by atoms with van der Waals surface area (Å²) in [6.07, 6.45) is 1.28. The molecule has 106 valence electrons. The number of nitrogens with one attached hydrogen (secondary N) is 1. The Hall–Kier alpha value is -2.28. The Morgan fingerprint density at radius 1 is 1.30 bits per heavy atom. The van der Waals surface area contributed by atoms with Gasteiger partial charge < -0.3 is 24.1 Å². The Labute approximate surface area is 115 Å². The molecule has 3 rings (SSSR count). The van der Waals surface area contributed by atoms with E-state index in [-0.39, 0.29) is 13.4 Å². The molecule has 7 heteroatoms. The Morgan fingerprint density at radius 3 is 2.90 bits per heavy atom. The molecule has 1 aromatic carbocycles. The molecule has 1 aliphatic rings. The third kappa shape index (κ3) is 2.67. The monoisotopic (exact) mass is 277 g/mol. The lowest BCUT2D eigenvalue weighted by Crippen LogP contribution is -2.13. The molecular formula is C13H15N3O4. The Balaban J connectivity index is 1.79. The molecule has 2 aromatic rings. The molecule has 0 atom stereocenters. The first kappa shape index (κ1) is 12.7. The average molecular weight is 277 g/mol. The van der Waals surface area contributed by atoms with Crippen molar-refractivity contribution in [3.63, 3.8) is 0 Å². The summed E-state index contributed by atoms with van der Waals surface area (Å²) >= 11 is 0. The van der Waals surface area contributed by atoms with Gasteiger partial charge >= 0.3 is 0 Å². The topological polar surface area (TPSA) is 78.6 Å². The minimum absolute atomic E-state index is 0.240. The summed E-state index contributed by atoms with van der Waals surface area (Å²) in [4.78, 5) is 3.92. The van der Waals surface area contributed by atoms with Crippen LogP contribution in [-0.4, -0.2) is 23.5 Å². The Morgan fingerprint density at radius 2 is 2.15 bits per heavy atom. The van der Waals surface area contributed by atoms with Crippen LogP contribution in [0.15, 0.2) is 23.0 Å². The first-order valence-electron chi connectivity index (χ1n) is 6.38. The summed E-state index contributed by atoms with van der Waals surface area (Å²) in [5.41, 5.74) is 1.000. The molecule has 1 N–H and O–H groups in total. The van der Waals surface area contributed by atoms with Crippen LogP contribution in [0, 0.1) is 0 Å². The molecule has 2 heterocycles. The second kappa shape index (κ2) is 5.79. The lowest BCUT2D eigenvalue weighted by atomic mass is 10.1. The van der Waals surface area contributed by atoms with Crippen LogP contribution in [0.25, 0.3) is 0 Å². The van der Waals surface area contributed by atoms with Crippen molar-refractivity contribution in [2.75, 3.05) is 13.3 Å². The summed E-state index contributed by atoms with van der Waals surface area (Å²) in [5, 5.41) is 6.98. The fourth-order valence-corrected chi connectivity index (χ4v) is 1.90. The van der Waals surface area contributed by atoms with Crippen molar-refractivity contribution in [3.8, 4) is 17.2 Å². The highest BCUT2D eigenvalue weighted by Gasteiger charge is 2.18. The van der Waals surface area contributed by atoms with Gasteiger partial charge in [-0.1, -0.05) is 12.1 Å². The normalized spacial score (nSPS) is 12.7. The van der Waals surface area contributed by atoms with Gasteiger partial charge in [0, 0.05) is 18.2 Å². The molecule has 0 saturated carbocycles. The third-order valence-electron chi connectivity index (χ3n) is 2.88. The van der Waals surface area contributed by atoms with Crippen LogP contribution < -0.4 is 19.5 Å². The van der Waals surface area contributed by atoms with Gasteiger partial charge in [-0.15, -0.1) is 0 Å². The summed E-state index contributed by atoms with van der Waals surface area (Å²) in [6.45, 7) is 4.10. The molecule has 0 radical (unpaired) electrons. The molecule has 0 bridgehead atoms. The zero-order chi connectivity index (χ0) is 13.8. The van der Waals surface area contributed by atoms with E-state index in [9.17, 15) is 0 Å². The SMILES string of the molecule is CCNCc1cc2c(cc1OCc1ncon1)OCO2. The molecule has 1 aliphatic heterocycles. The molecule has 0 saturated heterocycles. The third-order valence-corrected chi connectivity index (χ3v) is 2.88. The number of ether oxygens (including phenoxy) is 3. The number of hydrogen-bond acceptors (Lipinski definition) is 7. The van der Waals surface area contributed by atoms with Gasteiger partial charge in [-0.25, -0.2) is 0 Å². The van der Waals surface area contributed by atoms with Gasteiger partial charge in [0.05, 0.1) is 0 Å². The van der Waals surface area contributed by atoms with Crippen molar-refractivity contribution in [2.24, 2.45) is 0 Å². The van der Waals surface area contributed by atoms with Gasteiger partial charge in [0.2, 0.25) is 19.0 Å². The maximum atomic E-state index is 5.74. The van der Waals surface area contributed by atoms with E-state index in [1.165, 1.54) is 6.39 Å². The lowest BCUT2D eigenvalue weighted by molar-refractivity contribution is 0.173. The van der Waals surface area contributed by atoms with Crippen LogP contribution in [0.2, 0.25) is 0 Å². The van der Waals surface area contributed by atoms with Crippen LogP contribution in [0.3, 0.4) is 0 Å². The van der Waals surface area contributed by atoms with E-state index >= 15 is 0 Å². The van der Waals surface area contributed by atoms with Gasteiger partial charge in [0.1, 0.15) is 5.75 Å². The molecule has 0 fully saturated rings. The van der Waals surface area contributed by atoms with Gasteiger partial charge in [-0.05, 0) is 12.6 Å². The highest BCUT2D eigenvalue weighted by molar-refractivity contribution is 5.51. The van der Waals surface area contributed by atoms with E-state index in [1.54, 1.807) is 0 Å². The second-order valence-corrected chi connectivity index (χ2v) is 4.23. The van der Waals surface area contributed by atoms with Crippen LogP contribution in [-0.2, 0) is 13.2 Å². The van der Waals surface area contributed by atoms with Crippen molar-refractivity contribution in [2.45, 2.75) is 20.1 Å². The number of hydrogen-bond donors (Lipinski definition) is 1. The Kier molecular flexibility index (Phi) is 3.69. The fraction of sp³-hybridized carbons (Fsp3) is 0.385. The number of aromatic nitrogens is 2. The number of rotatable bonds is 6. The standard InChI is InChI=1S/C13H15N3O4/c1-2-14-5-9-3-11-12(19-8-18-11)4-10(9)17-6-13-15-7-20-16-13/h3-4,7,14H,2,5-6,8H2,1H3. The van der Waals surface area contributed by atoms with Crippen molar-refractivity contribution in [3.05, 3.63) is 29.9 Å². The van der Waals surface area contributed by atoms with E-state index in [4.69, 9.17) is 14.2 Å². The Bertz CT molecular complexity index is 571. The zero-order valence-electron chi connectivity index (χ0n) is 11.1. The molecule has 0 unspecified atom stereocenters. The molecule has 0 spiro atoms. The van der Waals surface area contributed by atoms with E-state index in [2.05, 4.69) is 20.0 Å². The molecule has 0 amide bonds. The number of fused-ring (bicyclic) bond motifs is 1. The average Bonchev–Trinajstić information content (AvgIpc) is 3.12. The van der Waals surface area contributed by atoms with E-state index in [0.29, 0.717) is 18.1 Å². The smallest absolute Gasteiger partial charge is 0.231 e. The van der Waals surface area contributed by atoms with Crippen LogP contribution in [0.1, 0.15) is 18.3 Å². The van der Waals surface area contributed by atoms with E-state index in [0.717, 1.165) is 23.6 Å².